The van der Waals surface area contributed by atoms with E-state index in [4.69, 9.17) is 11.5 Å². The molecule has 4 N–H and O–H groups in total. The summed E-state index contributed by atoms with van der Waals surface area (Å²) in [7, 11) is 0. The summed E-state index contributed by atoms with van der Waals surface area (Å²) in [5.41, 5.74) is 11.5. The van der Waals surface area contributed by atoms with E-state index in [0.717, 1.165) is 0 Å². The molecule has 0 spiro atoms. The highest BCUT2D eigenvalue weighted by molar-refractivity contribution is 6.39. The van der Waals surface area contributed by atoms with E-state index in [9.17, 15) is 0 Å². The van der Waals surface area contributed by atoms with Gasteiger partial charge in [0.1, 0.15) is 12.1 Å². The van der Waals surface area contributed by atoms with Gasteiger partial charge in [0.2, 0.25) is 5.96 Å². The van der Waals surface area contributed by atoms with E-state index >= 15 is 0 Å². The Morgan fingerprint density at radius 3 is 3.09 bits per heavy atom. The number of nitrogens with zero attached hydrogens (tertiary/aromatic N) is 4. The zero-order valence-electron chi connectivity index (χ0n) is 5.60. The lowest BCUT2D eigenvalue weighted by atomic mass is 10.2. The second-order valence-electron chi connectivity index (χ2n) is 2.21. The first-order valence-corrected chi connectivity index (χ1v) is 3.01. The Morgan fingerprint density at radius 2 is 2.27 bits per heavy atom. The Bertz CT molecular complexity index is 311. The average Bonchev–Trinajstić information content (AvgIpc) is 2.28. The summed E-state index contributed by atoms with van der Waals surface area (Å²) in [6.45, 7) is 0. The summed E-state index contributed by atoms with van der Waals surface area (Å²) in [6.07, 6.45) is 2.82. The van der Waals surface area contributed by atoms with Crippen LogP contribution in [0.2, 0.25) is 0 Å². The number of rotatable bonds is 0. The number of hydrogen-bond donors (Lipinski definition) is 2. The average molecular weight is 150 g/mol. The molecule has 2 aliphatic heterocycles. The van der Waals surface area contributed by atoms with Gasteiger partial charge in [0, 0.05) is 0 Å². The van der Waals surface area contributed by atoms with Crippen molar-refractivity contribution in [1.29, 1.82) is 0 Å². The maximum absolute atomic E-state index is 5.67. The minimum absolute atomic E-state index is 0.130. The molecule has 0 amide bonds. The molecule has 1 atom stereocenters. The monoisotopic (exact) mass is 150 g/mol. The van der Waals surface area contributed by atoms with Crippen LogP contribution in [0, 0.1) is 0 Å². The van der Waals surface area contributed by atoms with Gasteiger partial charge in [0.15, 0.2) is 0 Å². The Kier molecular flexibility index (Phi) is 0.970. The number of nitrogens with two attached hydrogens (primary N) is 2. The highest BCUT2D eigenvalue weighted by atomic mass is 15.3. The van der Waals surface area contributed by atoms with Gasteiger partial charge in [-0.15, -0.1) is 0 Å². The van der Waals surface area contributed by atoms with Crippen LogP contribution < -0.4 is 11.5 Å². The van der Waals surface area contributed by atoms with Gasteiger partial charge in [-0.3, -0.25) is 5.73 Å². The number of aliphatic imine (C=N–C) groups is 4. The number of guanidine groups is 1. The lowest BCUT2D eigenvalue weighted by Crippen LogP contribution is -2.46. The lowest BCUT2D eigenvalue weighted by molar-refractivity contribution is 0.646. The maximum Gasteiger partial charge on any atom is 0.252 e. The van der Waals surface area contributed by atoms with Crippen molar-refractivity contribution in [2.75, 3.05) is 0 Å². The topological polar surface area (TPSA) is 101 Å². The smallest absolute Gasteiger partial charge is 0.252 e. The summed E-state index contributed by atoms with van der Waals surface area (Å²) in [5, 5.41) is 0. The number of fused-ring (bicyclic) bond motifs is 1. The minimum atomic E-state index is -1.11. The van der Waals surface area contributed by atoms with Crippen LogP contribution in [-0.2, 0) is 0 Å². The van der Waals surface area contributed by atoms with Crippen LogP contribution >= 0.6 is 0 Å². The Morgan fingerprint density at radius 1 is 1.45 bits per heavy atom. The highest BCUT2D eigenvalue weighted by Gasteiger charge is 2.34. The fourth-order valence-electron chi connectivity index (χ4n) is 0.885. The summed E-state index contributed by atoms with van der Waals surface area (Å²) in [6, 6.07) is 0. The molecule has 0 bridgehead atoms. The Labute approximate surface area is 62.4 Å². The molecule has 0 aromatic rings. The third-order valence-corrected chi connectivity index (χ3v) is 1.43. The van der Waals surface area contributed by atoms with Gasteiger partial charge in [-0.25, -0.2) is 15.0 Å². The molecule has 2 rings (SSSR count). The van der Waals surface area contributed by atoms with Crippen molar-refractivity contribution in [2.24, 2.45) is 31.4 Å². The lowest BCUT2D eigenvalue weighted by Gasteiger charge is -2.18. The minimum Gasteiger partial charge on any atom is -0.368 e. The van der Waals surface area contributed by atoms with Gasteiger partial charge >= 0.3 is 0 Å². The van der Waals surface area contributed by atoms with Gasteiger partial charge in [-0.1, -0.05) is 0 Å². The molecule has 56 valence electrons. The molecule has 2 aliphatic rings. The fourth-order valence-corrected chi connectivity index (χ4v) is 0.885. The van der Waals surface area contributed by atoms with Crippen molar-refractivity contribution < 1.29 is 0 Å². The van der Waals surface area contributed by atoms with Crippen molar-refractivity contribution in [1.82, 2.24) is 0 Å². The molecule has 6 nitrogen and oxygen atoms in total. The van der Waals surface area contributed by atoms with Crippen LogP contribution in [0.4, 0.5) is 0 Å². The molecule has 6 heteroatoms. The van der Waals surface area contributed by atoms with Gasteiger partial charge in [0.05, 0.1) is 6.21 Å². The normalized spacial score (nSPS) is 33.2. The van der Waals surface area contributed by atoms with Crippen LogP contribution in [0.3, 0.4) is 0 Å². The van der Waals surface area contributed by atoms with Crippen molar-refractivity contribution in [3.8, 4) is 0 Å². The van der Waals surface area contributed by atoms with E-state index < -0.39 is 5.79 Å². The first kappa shape index (κ1) is 6.17. The van der Waals surface area contributed by atoms with E-state index in [2.05, 4.69) is 20.0 Å². The van der Waals surface area contributed by atoms with E-state index in [0.29, 0.717) is 5.71 Å². The first-order chi connectivity index (χ1) is 5.21. The van der Waals surface area contributed by atoms with Crippen LogP contribution in [0.5, 0.6) is 0 Å². The van der Waals surface area contributed by atoms with Gasteiger partial charge in [-0.2, -0.15) is 4.99 Å². The standard InChI is InChI=1S/C5H6N6/c6-4-8-1-3-5(7,11-4)10-2-9-3/h1-2H,7H2,(H2,6,11). The molecular formula is C5H6N6. The largest absolute Gasteiger partial charge is 0.368 e. The van der Waals surface area contributed by atoms with Crippen LogP contribution in [-0.4, -0.2) is 30.0 Å². The molecule has 11 heavy (non-hydrogen) atoms. The second-order valence-corrected chi connectivity index (χ2v) is 2.21. The Hall–Kier alpha value is -1.56. The molecule has 0 saturated heterocycles. The van der Waals surface area contributed by atoms with Crippen molar-refractivity contribution in [2.45, 2.75) is 5.79 Å². The van der Waals surface area contributed by atoms with Gasteiger partial charge in [-0.05, 0) is 0 Å². The highest BCUT2D eigenvalue weighted by Crippen LogP contribution is 2.14. The Balaban J connectivity index is 2.51. The van der Waals surface area contributed by atoms with Gasteiger partial charge in [0.25, 0.3) is 5.79 Å². The van der Waals surface area contributed by atoms with Crippen molar-refractivity contribution in [3.63, 3.8) is 0 Å². The van der Waals surface area contributed by atoms with E-state index in [-0.39, 0.29) is 5.96 Å². The fraction of sp³-hybridized carbons (Fsp3) is 0.200. The summed E-state index contributed by atoms with van der Waals surface area (Å²) in [4.78, 5) is 15.2. The molecule has 0 radical (unpaired) electrons. The second kappa shape index (κ2) is 1.73. The predicted octanol–water partition coefficient (Wildman–Crippen LogP) is -1.52. The van der Waals surface area contributed by atoms with Crippen LogP contribution in [0.15, 0.2) is 20.0 Å². The molecule has 0 aromatic carbocycles. The quantitative estimate of drug-likeness (QED) is 0.438. The van der Waals surface area contributed by atoms with Crippen molar-refractivity contribution in [3.05, 3.63) is 0 Å². The SMILES string of the molecule is NC1=NC2(N)N=CN=C2C=N1. The zero-order valence-corrected chi connectivity index (χ0v) is 5.60. The predicted molar refractivity (Wildman–Crippen MR) is 43.0 cm³/mol. The first-order valence-electron chi connectivity index (χ1n) is 3.01. The van der Waals surface area contributed by atoms with Gasteiger partial charge < -0.3 is 5.73 Å². The third kappa shape index (κ3) is 0.761. The molecule has 0 aromatic heterocycles. The molecule has 2 heterocycles. The van der Waals surface area contributed by atoms with E-state index in [1.807, 2.05) is 0 Å². The molecular weight excluding hydrogens is 144 g/mol. The van der Waals surface area contributed by atoms with Crippen LogP contribution in [0.1, 0.15) is 0 Å². The van der Waals surface area contributed by atoms with E-state index in [1.165, 1.54) is 12.6 Å². The maximum atomic E-state index is 5.67. The summed E-state index contributed by atoms with van der Waals surface area (Å²) >= 11 is 0. The zero-order chi connectivity index (χ0) is 7.90. The molecule has 0 aliphatic carbocycles. The number of hydrogen-bond acceptors (Lipinski definition) is 6. The molecule has 0 saturated carbocycles. The molecule has 1 unspecified atom stereocenters. The summed E-state index contributed by atoms with van der Waals surface area (Å²) < 4.78 is 0. The van der Waals surface area contributed by atoms with Crippen molar-refractivity contribution >= 4 is 24.2 Å². The summed E-state index contributed by atoms with van der Waals surface area (Å²) in [5.74, 6) is -0.975. The third-order valence-electron chi connectivity index (χ3n) is 1.43. The van der Waals surface area contributed by atoms with E-state index in [1.54, 1.807) is 0 Å². The molecule has 0 fully saturated rings. The van der Waals surface area contributed by atoms with Crippen LogP contribution in [0.25, 0.3) is 0 Å².